The Bertz CT molecular complexity index is 621. The number of alkyl halides is 3. The van der Waals surface area contributed by atoms with Crippen LogP contribution in [-0.2, 0) is 6.18 Å². The van der Waals surface area contributed by atoms with Crippen molar-refractivity contribution in [3.05, 3.63) is 57.8 Å². The van der Waals surface area contributed by atoms with E-state index >= 15 is 0 Å². The summed E-state index contributed by atoms with van der Waals surface area (Å²) < 4.78 is 50.7. The average molecular weight is 309 g/mol. The van der Waals surface area contributed by atoms with E-state index in [4.69, 9.17) is 23.2 Å². The van der Waals surface area contributed by atoms with Crippen LogP contribution < -0.4 is 0 Å². The van der Waals surface area contributed by atoms with E-state index in [1.165, 1.54) is 24.3 Å². The molecule has 0 N–H and O–H groups in total. The van der Waals surface area contributed by atoms with E-state index in [1.54, 1.807) is 0 Å². The van der Waals surface area contributed by atoms with Crippen LogP contribution in [-0.4, -0.2) is 0 Å². The van der Waals surface area contributed by atoms with Crippen molar-refractivity contribution in [2.45, 2.75) is 6.18 Å². The molecule has 100 valence electrons. The number of halogens is 6. The Labute approximate surface area is 116 Å². The molecule has 0 aliphatic rings. The molecule has 0 bridgehead atoms. The van der Waals surface area contributed by atoms with E-state index in [-0.39, 0.29) is 10.6 Å². The second-order valence-electron chi connectivity index (χ2n) is 3.82. The number of rotatable bonds is 1. The molecule has 2 aromatic carbocycles. The maximum Gasteiger partial charge on any atom is 0.419 e. The average Bonchev–Trinajstić information content (AvgIpc) is 2.26. The van der Waals surface area contributed by atoms with Crippen molar-refractivity contribution in [1.29, 1.82) is 0 Å². The summed E-state index contributed by atoms with van der Waals surface area (Å²) in [7, 11) is 0. The highest BCUT2D eigenvalue weighted by molar-refractivity contribution is 6.36. The van der Waals surface area contributed by atoms with Gasteiger partial charge in [-0.1, -0.05) is 35.3 Å². The van der Waals surface area contributed by atoms with Gasteiger partial charge in [-0.2, -0.15) is 13.2 Å². The quantitative estimate of drug-likeness (QED) is 0.582. The Balaban J connectivity index is 2.51. The Morgan fingerprint density at radius 2 is 1.58 bits per heavy atom. The number of benzene rings is 2. The summed E-state index contributed by atoms with van der Waals surface area (Å²) in [6.45, 7) is 0. The van der Waals surface area contributed by atoms with Gasteiger partial charge in [-0.15, -0.1) is 0 Å². The molecule has 0 heterocycles. The highest BCUT2D eigenvalue weighted by Gasteiger charge is 2.33. The third kappa shape index (κ3) is 3.01. The highest BCUT2D eigenvalue weighted by atomic mass is 35.5. The molecule has 0 saturated carbocycles. The Kier molecular flexibility index (Phi) is 3.74. The maximum atomic E-state index is 13.5. The molecule has 0 saturated heterocycles. The fourth-order valence-electron chi connectivity index (χ4n) is 1.64. The number of hydrogen-bond acceptors (Lipinski definition) is 0. The van der Waals surface area contributed by atoms with Crippen molar-refractivity contribution in [1.82, 2.24) is 0 Å². The van der Waals surface area contributed by atoms with Crippen LogP contribution in [0.1, 0.15) is 5.56 Å². The fraction of sp³-hybridized carbons (Fsp3) is 0.0769. The molecule has 0 aliphatic carbocycles. The van der Waals surface area contributed by atoms with Crippen molar-refractivity contribution >= 4 is 23.2 Å². The molecular weight excluding hydrogens is 303 g/mol. The van der Waals surface area contributed by atoms with Crippen molar-refractivity contribution in [3.8, 4) is 11.1 Å². The molecule has 0 spiro atoms. The monoisotopic (exact) mass is 308 g/mol. The molecule has 6 heteroatoms. The van der Waals surface area contributed by atoms with Gasteiger partial charge >= 0.3 is 6.18 Å². The van der Waals surface area contributed by atoms with Gasteiger partial charge in [-0.05, 0) is 29.8 Å². The minimum Gasteiger partial charge on any atom is -0.206 e. The van der Waals surface area contributed by atoms with E-state index in [1.807, 2.05) is 0 Å². The summed E-state index contributed by atoms with van der Waals surface area (Å²) in [5.41, 5.74) is -0.632. The molecule has 0 fully saturated rings. The van der Waals surface area contributed by atoms with Gasteiger partial charge in [0.05, 0.1) is 5.56 Å². The van der Waals surface area contributed by atoms with Crippen LogP contribution in [0.25, 0.3) is 11.1 Å². The first-order valence-electron chi connectivity index (χ1n) is 5.11. The fourth-order valence-corrected chi connectivity index (χ4v) is 2.15. The lowest BCUT2D eigenvalue weighted by Crippen LogP contribution is -2.07. The summed E-state index contributed by atoms with van der Waals surface area (Å²) in [6.07, 6.45) is -4.72. The van der Waals surface area contributed by atoms with Crippen molar-refractivity contribution in [2.24, 2.45) is 0 Å². The van der Waals surface area contributed by atoms with Gasteiger partial charge in [-0.25, -0.2) is 4.39 Å². The standard InChI is InChI=1S/C13H6Cl2F4/c14-8-2-3-9(11(15)6-8)7-1-4-10(12(16)5-7)13(17,18)19/h1-6H. The summed E-state index contributed by atoms with van der Waals surface area (Å²) >= 11 is 11.6. The summed E-state index contributed by atoms with van der Waals surface area (Å²) in [4.78, 5) is 0. The molecule has 0 atom stereocenters. The van der Waals surface area contributed by atoms with Crippen LogP contribution in [0.4, 0.5) is 17.6 Å². The van der Waals surface area contributed by atoms with Gasteiger partial charge in [-0.3, -0.25) is 0 Å². The van der Waals surface area contributed by atoms with Gasteiger partial charge in [0.15, 0.2) is 0 Å². The molecule has 0 aromatic heterocycles. The first kappa shape index (κ1) is 14.2. The van der Waals surface area contributed by atoms with E-state index in [2.05, 4.69) is 0 Å². The van der Waals surface area contributed by atoms with E-state index in [9.17, 15) is 17.6 Å². The van der Waals surface area contributed by atoms with Crippen molar-refractivity contribution in [3.63, 3.8) is 0 Å². The van der Waals surface area contributed by atoms with Crippen LogP contribution in [0.2, 0.25) is 10.0 Å². The minimum absolute atomic E-state index is 0.242. The van der Waals surface area contributed by atoms with Crippen LogP contribution in [0.3, 0.4) is 0 Å². The lowest BCUT2D eigenvalue weighted by molar-refractivity contribution is -0.139. The first-order valence-corrected chi connectivity index (χ1v) is 5.87. The van der Waals surface area contributed by atoms with Gasteiger partial charge in [0.25, 0.3) is 0 Å². The molecule has 0 amide bonds. The Hall–Kier alpha value is -1.26. The molecule has 0 radical (unpaired) electrons. The topological polar surface area (TPSA) is 0 Å². The Morgan fingerprint density at radius 1 is 0.895 bits per heavy atom. The first-order chi connectivity index (χ1) is 8.79. The van der Waals surface area contributed by atoms with Gasteiger partial charge in [0.2, 0.25) is 0 Å². The predicted molar refractivity (Wildman–Crippen MR) is 66.9 cm³/mol. The smallest absolute Gasteiger partial charge is 0.206 e. The second kappa shape index (κ2) is 5.02. The van der Waals surface area contributed by atoms with Crippen molar-refractivity contribution < 1.29 is 17.6 Å². The van der Waals surface area contributed by atoms with Crippen LogP contribution in [0.15, 0.2) is 36.4 Å². The SMILES string of the molecule is Fc1cc(-c2ccc(Cl)cc2Cl)ccc1C(F)(F)F. The summed E-state index contributed by atoms with van der Waals surface area (Å²) in [6, 6.07) is 7.15. The zero-order valence-corrected chi connectivity index (χ0v) is 10.7. The van der Waals surface area contributed by atoms with Crippen LogP contribution in [0.5, 0.6) is 0 Å². The lowest BCUT2D eigenvalue weighted by atomic mass is 10.0. The third-order valence-electron chi connectivity index (χ3n) is 2.52. The van der Waals surface area contributed by atoms with E-state index in [0.717, 1.165) is 6.07 Å². The molecule has 0 aliphatic heterocycles. The largest absolute Gasteiger partial charge is 0.419 e. The van der Waals surface area contributed by atoms with Crippen LogP contribution in [0, 0.1) is 5.82 Å². The van der Waals surface area contributed by atoms with Gasteiger partial charge < -0.3 is 0 Å². The third-order valence-corrected chi connectivity index (χ3v) is 3.06. The van der Waals surface area contributed by atoms with Gasteiger partial charge in [0.1, 0.15) is 5.82 Å². The molecule has 19 heavy (non-hydrogen) atoms. The molecule has 2 rings (SSSR count). The summed E-state index contributed by atoms with van der Waals surface area (Å²) in [5, 5.41) is 0.632. The molecule has 0 unspecified atom stereocenters. The van der Waals surface area contributed by atoms with Gasteiger partial charge in [0, 0.05) is 15.6 Å². The molecule has 0 nitrogen and oxygen atoms in total. The van der Waals surface area contributed by atoms with E-state index in [0.29, 0.717) is 16.7 Å². The van der Waals surface area contributed by atoms with Crippen LogP contribution >= 0.6 is 23.2 Å². The second-order valence-corrected chi connectivity index (χ2v) is 4.66. The Morgan fingerprint density at radius 3 is 2.11 bits per heavy atom. The highest BCUT2D eigenvalue weighted by Crippen LogP contribution is 2.35. The predicted octanol–water partition coefficient (Wildman–Crippen LogP) is 5.82. The minimum atomic E-state index is -4.72. The maximum absolute atomic E-state index is 13.5. The number of hydrogen-bond donors (Lipinski definition) is 0. The molecule has 2 aromatic rings. The summed E-state index contributed by atoms with van der Waals surface area (Å²) in [5.74, 6) is -1.34. The zero-order chi connectivity index (χ0) is 14.2. The molecular formula is C13H6Cl2F4. The van der Waals surface area contributed by atoms with Crippen molar-refractivity contribution in [2.75, 3.05) is 0 Å². The zero-order valence-electron chi connectivity index (χ0n) is 9.23. The normalized spacial score (nSPS) is 11.7. The lowest BCUT2D eigenvalue weighted by Gasteiger charge is -2.10. The van der Waals surface area contributed by atoms with E-state index < -0.39 is 17.6 Å².